The number of aliphatic hydroxyl groups excluding tert-OH is 1. The number of carboxylic acids is 1. The number of benzene rings is 1. The van der Waals surface area contributed by atoms with E-state index in [1.54, 1.807) is 13.1 Å². The molecule has 5 unspecified atom stereocenters. The van der Waals surface area contributed by atoms with Gasteiger partial charge in [0.05, 0.1) is 6.61 Å². The van der Waals surface area contributed by atoms with Crippen LogP contribution in [0.4, 0.5) is 0 Å². The van der Waals surface area contributed by atoms with E-state index < -0.39 is 54.5 Å². The lowest BCUT2D eigenvalue weighted by Crippen LogP contribution is -2.59. The topological polar surface area (TPSA) is 178 Å². The van der Waals surface area contributed by atoms with Gasteiger partial charge >= 0.3 is 5.97 Å². The molecule has 1 aromatic carbocycles. The summed E-state index contributed by atoms with van der Waals surface area (Å²) in [5, 5.41) is 25.1. The Bertz CT molecular complexity index is 1100. The largest absolute Gasteiger partial charge is 0.480 e. The fourth-order valence-corrected chi connectivity index (χ4v) is 4.51. The summed E-state index contributed by atoms with van der Waals surface area (Å²) < 4.78 is 0. The Kier molecular flexibility index (Phi) is 9.05. The molecule has 3 rings (SSSR count). The van der Waals surface area contributed by atoms with E-state index in [-0.39, 0.29) is 18.9 Å². The van der Waals surface area contributed by atoms with Crippen LogP contribution in [0.1, 0.15) is 38.7 Å². The average molecular weight is 502 g/mol. The fraction of sp³-hybridized carbons (Fsp3) is 0.520. The highest BCUT2D eigenvalue weighted by atomic mass is 16.4. The lowest BCUT2D eigenvalue weighted by molar-refractivity contribution is -0.149. The molecule has 0 radical (unpaired) electrons. The quantitative estimate of drug-likeness (QED) is 0.253. The number of carbonyl (C=O) groups excluding carboxylic acids is 3. The molecule has 3 amide bonds. The van der Waals surface area contributed by atoms with E-state index in [1.165, 1.54) is 4.90 Å². The summed E-state index contributed by atoms with van der Waals surface area (Å²) in [6.45, 7) is 3.35. The number of likely N-dealkylation sites (tertiary alicyclic amines) is 1. The van der Waals surface area contributed by atoms with E-state index >= 15 is 0 Å². The van der Waals surface area contributed by atoms with Crippen LogP contribution in [0.15, 0.2) is 30.5 Å². The fourth-order valence-electron chi connectivity index (χ4n) is 4.51. The number of aromatic amines is 1. The van der Waals surface area contributed by atoms with Gasteiger partial charge in [-0.3, -0.25) is 14.4 Å². The Morgan fingerprint density at radius 2 is 1.92 bits per heavy atom. The minimum Gasteiger partial charge on any atom is -0.480 e. The number of nitrogens with one attached hydrogen (secondary N) is 3. The van der Waals surface area contributed by atoms with Gasteiger partial charge < -0.3 is 36.5 Å². The number of nitrogens with two attached hydrogens (primary N) is 1. The predicted octanol–water partition coefficient (Wildman–Crippen LogP) is 0.121. The molecule has 11 heteroatoms. The van der Waals surface area contributed by atoms with Crippen LogP contribution in [0.5, 0.6) is 0 Å². The third-order valence-corrected chi connectivity index (χ3v) is 6.86. The van der Waals surface area contributed by atoms with Crippen molar-refractivity contribution in [2.24, 2.45) is 11.7 Å². The molecule has 0 spiro atoms. The molecule has 2 aromatic rings. The van der Waals surface area contributed by atoms with Crippen molar-refractivity contribution in [3.8, 4) is 0 Å². The van der Waals surface area contributed by atoms with Crippen LogP contribution in [-0.4, -0.2) is 81.1 Å². The van der Waals surface area contributed by atoms with E-state index in [1.807, 2.05) is 31.2 Å². The van der Waals surface area contributed by atoms with Gasteiger partial charge in [-0.25, -0.2) is 4.79 Å². The number of aliphatic carboxylic acids is 1. The van der Waals surface area contributed by atoms with Crippen LogP contribution >= 0.6 is 0 Å². The van der Waals surface area contributed by atoms with Crippen LogP contribution in [-0.2, 0) is 25.6 Å². The molecule has 196 valence electrons. The number of amides is 3. The van der Waals surface area contributed by atoms with E-state index in [4.69, 9.17) is 5.73 Å². The third kappa shape index (κ3) is 6.03. The Hall–Kier alpha value is -3.44. The normalized spacial score (nSPS) is 18.9. The molecule has 1 aliphatic heterocycles. The molecule has 5 atom stereocenters. The number of hydrogen-bond acceptors (Lipinski definition) is 6. The molecule has 0 saturated carbocycles. The second-order valence-corrected chi connectivity index (χ2v) is 9.31. The summed E-state index contributed by atoms with van der Waals surface area (Å²) in [4.78, 5) is 55.5. The highest BCUT2D eigenvalue weighted by Crippen LogP contribution is 2.23. The van der Waals surface area contributed by atoms with Crippen molar-refractivity contribution in [2.75, 3.05) is 13.2 Å². The number of aliphatic hydroxyl groups is 1. The zero-order valence-electron chi connectivity index (χ0n) is 20.6. The van der Waals surface area contributed by atoms with Crippen molar-refractivity contribution in [1.82, 2.24) is 20.5 Å². The maximum atomic E-state index is 13.6. The maximum Gasteiger partial charge on any atom is 0.326 e. The number of hydrogen-bond donors (Lipinski definition) is 6. The van der Waals surface area contributed by atoms with Crippen molar-refractivity contribution >= 4 is 34.6 Å². The zero-order valence-corrected chi connectivity index (χ0v) is 20.6. The van der Waals surface area contributed by atoms with Gasteiger partial charge in [0.25, 0.3) is 0 Å². The SMILES string of the molecule is CCC(C)C(NC(=O)C(N)CO)C(=O)NC(Cc1c[nH]c2ccccc12)C(=O)N1CCCC1C(=O)O. The molecule has 1 fully saturated rings. The van der Waals surface area contributed by atoms with E-state index in [2.05, 4.69) is 15.6 Å². The second-order valence-electron chi connectivity index (χ2n) is 9.31. The summed E-state index contributed by atoms with van der Waals surface area (Å²) in [5.74, 6) is -3.11. The molecule has 1 aliphatic rings. The minimum atomic E-state index is -1.19. The standard InChI is InChI=1S/C25H35N5O6/c1-3-14(2)21(29-22(32)17(26)13-31)23(33)28-19(24(34)30-10-6-9-20(30)25(35)36)11-15-12-27-18-8-5-4-7-16(15)18/h4-5,7-8,12,14,17,19-21,27,31H,3,6,9-11,13,26H2,1-2H3,(H,28,33)(H,29,32)(H,35,36). The number of H-pyrrole nitrogens is 1. The highest BCUT2D eigenvalue weighted by molar-refractivity contribution is 5.95. The molecule has 36 heavy (non-hydrogen) atoms. The number of para-hydroxylation sites is 1. The molecular formula is C25H35N5O6. The van der Waals surface area contributed by atoms with Crippen LogP contribution in [0.2, 0.25) is 0 Å². The summed E-state index contributed by atoms with van der Waals surface area (Å²) in [7, 11) is 0. The van der Waals surface area contributed by atoms with Gasteiger partial charge in [0.1, 0.15) is 24.2 Å². The van der Waals surface area contributed by atoms with Crippen LogP contribution in [0.25, 0.3) is 10.9 Å². The second kappa shape index (κ2) is 12.0. The Labute approximate surface area is 209 Å². The molecule has 11 nitrogen and oxygen atoms in total. The monoisotopic (exact) mass is 501 g/mol. The molecular weight excluding hydrogens is 466 g/mol. The maximum absolute atomic E-state index is 13.6. The predicted molar refractivity (Wildman–Crippen MR) is 133 cm³/mol. The smallest absolute Gasteiger partial charge is 0.326 e. The molecule has 1 aromatic heterocycles. The van der Waals surface area contributed by atoms with Gasteiger partial charge in [-0.2, -0.15) is 0 Å². The van der Waals surface area contributed by atoms with Crippen LogP contribution < -0.4 is 16.4 Å². The summed E-state index contributed by atoms with van der Waals surface area (Å²) >= 11 is 0. The van der Waals surface area contributed by atoms with Crippen molar-refractivity contribution in [1.29, 1.82) is 0 Å². The van der Waals surface area contributed by atoms with Gasteiger partial charge in [-0.05, 0) is 30.4 Å². The first-order valence-electron chi connectivity index (χ1n) is 12.2. The molecule has 7 N–H and O–H groups in total. The molecule has 0 bridgehead atoms. The lowest BCUT2D eigenvalue weighted by Gasteiger charge is -2.30. The van der Waals surface area contributed by atoms with E-state index in [9.17, 15) is 29.4 Å². The van der Waals surface area contributed by atoms with Crippen molar-refractivity contribution in [3.05, 3.63) is 36.0 Å². The molecule has 2 heterocycles. The van der Waals surface area contributed by atoms with Gasteiger partial charge in [-0.1, -0.05) is 38.5 Å². The first-order valence-corrected chi connectivity index (χ1v) is 12.2. The van der Waals surface area contributed by atoms with Crippen LogP contribution in [0, 0.1) is 5.92 Å². The van der Waals surface area contributed by atoms with Gasteiger partial charge in [0, 0.05) is 30.1 Å². The number of nitrogens with zero attached hydrogens (tertiary/aromatic N) is 1. The van der Waals surface area contributed by atoms with Gasteiger partial charge in [-0.15, -0.1) is 0 Å². The Morgan fingerprint density at radius 1 is 1.19 bits per heavy atom. The van der Waals surface area contributed by atoms with Crippen LogP contribution in [0.3, 0.4) is 0 Å². The average Bonchev–Trinajstić information content (AvgIpc) is 3.53. The summed E-state index contributed by atoms with van der Waals surface area (Å²) in [5.41, 5.74) is 7.28. The number of fused-ring (bicyclic) bond motifs is 1. The number of carboxylic acid groups (broad SMARTS) is 1. The lowest BCUT2D eigenvalue weighted by atomic mass is 9.96. The first-order chi connectivity index (χ1) is 17.2. The number of carbonyl (C=O) groups is 4. The summed E-state index contributed by atoms with van der Waals surface area (Å²) in [6.07, 6.45) is 3.36. The minimum absolute atomic E-state index is 0.134. The van der Waals surface area contributed by atoms with Crippen molar-refractivity contribution in [2.45, 2.75) is 63.7 Å². The zero-order chi connectivity index (χ0) is 26.4. The third-order valence-electron chi connectivity index (χ3n) is 6.86. The molecule has 0 aliphatic carbocycles. The van der Waals surface area contributed by atoms with Crippen molar-refractivity contribution < 1.29 is 29.4 Å². The van der Waals surface area contributed by atoms with Gasteiger partial charge in [0.15, 0.2) is 0 Å². The van der Waals surface area contributed by atoms with Gasteiger partial charge in [0.2, 0.25) is 17.7 Å². The van der Waals surface area contributed by atoms with Crippen molar-refractivity contribution in [3.63, 3.8) is 0 Å². The summed E-state index contributed by atoms with van der Waals surface area (Å²) in [6, 6.07) is 3.37. The number of rotatable bonds is 11. The number of aromatic nitrogens is 1. The molecule has 1 saturated heterocycles. The van der Waals surface area contributed by atoms with E-state index in [0.717, 1.165) is 16.5 Å². The highest BCUT2D eigenvalue weighted by Gasteiger charge is 2.39. The Morgan fingerprint density at radius 3 is 2.58 bits per heavy atom. The van der Waals surface area contributed by atoms with E-state index in [0.29, 0.717) is 19.3 Å². The first kappa shape index (κ1) is 27.2. The Balaban J connectivity index is 1.90.